The van der Waals surface area contributed by atoms with E-state index in [9.17, 15) is 15.0 Å². The maximum atomic E-state index is 12.5. The summed E-state index contributed by atoms with van der Waals surface area (Å²) in [4.78, 5) is 15.7. The second-order valence-electron chi connectivity index (χ2n) is 6.12. The number of ether oxygens (including phenoxy) is 1. The smallest absolute Gasteiger partial charge is 0.254 e. The molecule has 0 bridgehead atoms. The van der Waals surface area contributed by atoms with Crippen molar-refractivity contribution < 1.29 is 19.7 Å². The molecule has 1 aromatic heterocycles. The summed E-state index contributed by atoms with van der Waals surface area (Å²) in [6.45, 7) is -0.238. The second-order valence-corrected chi connectivity index (χ2v) is 6.12. The number of aromatic hydroxyl groups is 1. The number of phenols is 1. The zero-order valence-electron chi connectivity index (χ0n) is 13.3. The van der Waals surface area contributed by atoms with Gasteiger partial charge in [-0.3, -0.25) is 4.79 Å². The van der Waals surface area contributed by atoms with Gasteiger partial charge in [0.1, 0.15) is 11.9 Å². The van der Waals surface area contributed by atoms with Gasteiger partial charge in [-0.25, -0.2) is 0 Å². The zero-order valence-corrected chi connectivity index (χ0v) is 13.3. The average Bonchev–Trinajstić information content (AvgIpc) is 3.06. The third kappa shape index (κ3) is 2.75. The van der Waals surface area contributed by atoms with Crippen LogP contribution in [0.25, 0.3) is 10.9 Å². The summed E-state index contributed by atoms with van der Waals surface area (Å²) < 4.78 is 6.11. The van der Waals surface area contributed by atoms with Gasteiger partial charge in [-0.2, -0.15) is 0 Å². The third-order valence-corrected chi connectivity index (χ3v) is 4.54. The topological polar surface area (TPSA) is 94.6 Å². The summed E-state index contributed by atoms with van der Waals surface area (Å²) in [5.41, 5.74) is 2.47. The summed E-state index contributed by atoms with van der Waals surface area (Å²) in [7, 11) is 0. The molecule has 0 spiro atoms. The Morgan fingerprint density at radius 1 is 1.08 bits per heavy atom. The molecule has 4 N–H and O–H groups in total. The van der Waals surface area contributed by atoms with Crippen molar-refractivity contribution >= 4 is 16.8 Å². The lowest BCUT2D eigenvalue weighted by Crippen LogP contribution is -2.50. The van der Waals surface area contributed by atoms with E-state index in [-0.39, 0.29) is 18.3 Å². The standard InChI is InChI=1S/C19H18N2O4/c22-10-16-17(11-5-7-12(23)8-6-11)25-18(19(24)21-16)14-9-20-15-4-2-1-3-13(14)15/h1-9,16-18,20,22-23H,10H2,(H,21,24)/t16-,17-,18?/m1/s1. The molecule has 0 aliphatic carbocycles. The molecule has 2 aromatic carbocycles. The summed E-state index contributed by atoms with van der Waals surface area (Å²) >= 11 is 0. The van der Waals surface area contributed by atoms with Crippen molar-refractivity contribution in [3.63, 3.8) is 0 Å². The number of amides is 1. The number of nitrogens with one attached hydrogen (secondary N) is 2. The number of phenolic OH excluding ortho intramolecular Hbond substituents is 1. The number of rotatable bonds is 3. The molecular formula is C19H18N2O4. The van der Waals surface area contributed by atoms with E-state index in [4.69, 9.17) is 4.74 Å². The SMILES string of the molecule is O=C1N[C@H](CO)[C@@H](c2ccc(O)cc2)OC1c1c[nH]c2ccccc12. The van der Waals surface area contributed by atoms with Crippen LogP contribution in [0.5, 0.6) is 5.75 Å². The Labute approximate surface area is 144 Å². The number of carbonyl (C=O) groups excluding carboxylic acids is 1. The zero-order chi connectivity index (χ0) is 17.4. The van der Waals surface area contributed by atoms with E-state index in [0.29, 0.717) is 0 Å². The molecule has 1 fully saturated rings. The van der Waals surface area contributed by atoms with Gasteiger partial charge in [-0.15, -0.1) is 0 Å². The molecular weight excluding hydrogens is 320 g/mol. The highest BCUT2D eigenvalue weighted by atomic mass is 16.5. The number of hydrogen-bond donors (Lipinski definition) is 4. The maximum absolute atomic E-state index is 12.5. The number of H-pyrrole nitrogens is 1. The highest BCUT2D eigenvalue weighted by molar-refractivity contribution is 5.91. The van der Waals surface area contributed by atoms with Gasteiger partial charge < -0.3 is 25.3 Å². The Morgan fingerprint density at radius 2 is 1.84 bits per heavy atom. The van der Waals surface area contributed by atoms with Crippen LogP contribution < -0.4 is 5.32 Å². The minimum Gasteiger partial charge on any atom is -0.508 e. The quantitative estimate of drug-likeness (QED) is 0.589. The van der Waals surface area contributed by atoms with E-state index in [1.54, 1.807) is 30.5 Å². The van der Waals surface area contributed by atoms with E-state index in [2.05, 4.69) is 10.3 Å². The predicted molar refractivity (Wildman–Crippen MR) is 92.0 cm³/mol. The fourth-order valence-electron chi connectivity index (χ4n) is 3.28. The van der Waals surface area contributed by atoms with Crippen molar-refractivity contribution in [2.45, 2.75) is 18.2 Å². The Morgan fingerprint density at radius 3 is 2.60 bits per heavy atom. The number of aromatic nitrogens is 1. The molecule has 1 amide bonds. The number of para-hydroxylation sites is 1. The van der Waals surface area contributed by atoms with Crippen LogP contribution in [0.15, 0.2) is 54.7 Å². The van der Waals surface area contributed by atoms with Crippen molar-refractivity contribution in [2.24, 2.45) is 0 Å². The summed E-state index contributed by atoms with van der Waals surface area (Å²) in [6.07, 6.45) is 0.488. The van der Waals surface area contributed by atoms with Gasteiger partial charge in [-0.05, 0) is 23.8 Å². The first kappa shape index (κ1) is 15.7. The van der Waals surface area contributed by atoms with E-state index < -0.39 is 18.2 Å². The number of benzene rings is 2. The van der Waals surface area contributed by atoms with Crippen molar-refractivity contribution in [3.8, 4) is 5.75 Å². The predicted octanol–water partition coefficient (Wildman–Crippen LogP) is 2.16. The van der Waals surface area contributed by atoms with Crippen molar-refractivity contribution in [1.29, 1.82) is 0 Å². The van der Waals surface area contributed by atoms with Crippen LogP contribution in [0.3, 0.4) is 0 Å². The van der Waals surface area contributed by atoms with Gasteiger partial charge in [0, 0.05) is 22.7 Å². The van der Waals surface area contributed by atoms with Gasteiger partial charge in [-0.1, -0.05) is 30.3 Å². The molecule has 0 radical (unpaired) electrons. The Balaban J connectivity index is 1.71. The Hall–Kier alpha value is -2.83. The van der Waals surface area contributed by atoms with Crippen LogP contribution in [0, 0.1) is 0 Å². The fourth-order valence-corrected chi connectivity index (χ4v) is 3.28. The van der Waals surface area contributed by atoms with Crippen molar-refractivity contribution in [1.82, 2.24) is 10.3 Å². The molecule has 0 saturated carbocycles. The first-order chi connectivity index (χ1) is 12.2. The fraction of sp³-hybridized carbons (Fsp3) is 0.211. The molecule has 25 heavy (non-hydrogen) atoms. The van der Waals surface area contributed by atoms with Gasteiger partial charge in [0.2, 0.25) is 0 Å². The maximum Gasteiger partial charge on any atom is 0.254 e. The summed E-state index contributed by atoms with van der Waals surface area (Å²) in [6, 6.07) is 13.7. The lowest BCUT2D eigenvalue weighted by Gasteiger charge is -2.36. The van der Waals surface area contributed by atoms with Crippen LogP contribution in [0.1, 0.15) is 23.3 Å². The Kier molecular flexibility index (Phi) is 3.91. The number of aromatic amines is 1. The van der Waals surface area contributed by atoms with Gasteiger partial charge in [0.15, 0.2) is 6.10 Å². The lowest BCUT2D eigenvalue weighted by molar-refractivity contribution is -0.152. The molecule has 128 valence electrons. The molecule has 1 aliphatic rings. The highest BCUT2D eigenvalue weighted by Crippen LogP contribution is 2.36. The first-order valence-corrected chi connectivity index (χ1v) is 8.09. The number of hydrogen-bond acceptors (Lipinski definition) is 4. The summed E-state index contributed by atoms with van der Waals surface area (Å²) in [5, 5.41) is 22.9. The molecule has 3 atom stereocenters. The highest BCUT2D eigenvalue weighted by Gasteiger charge is 2.38. The summed E-state index contributed by atoms with van der Waals surface area (Å²) in [5.74, 6) is -0.129. The largest absolute Gasteiger partial charge is 0.508 e. The number of aliphatic hydroxyl groups is 1. The molecule has 4 rings (SSSR count). The molecule has 3 aromatic rings. The van der Waals surface area contributed by atoms with E-state index in [0.717, 1.165) is 22.0 Å². The van der Waals surface area contributed by atoms with E-state index in [1.165, 1.54) is 0 Å². The van der Waals surface area contributed by atoms with Gasteiger partial charge in [0.25, 0.3) is 5.91 Å². The Bertz CT molecular complexity index is 903. The third-order valence-electron chi connectivity index (χ3n) is 4.54. The number of fused-ring (bicyclic) bond motifs is 1. The van der Waals surface area contributed by atoms with E-state index in [1.807, 2.05) is 24.3 Å². The molecule has 6 heteroatoms. The van der Waals surface area contributed by atoms with Crippen molar-refractivity contribution in [3.05, 3.63) is 65.9 Å². The number of morpholine rings is 1. The lowest BCUT2D eigenvalue weighted by atomic mass is 9.97. The van der Waals surface area contributed by atoms with E-state index >= 15 is 0 Å². The van der Waals surface area contributed by atoms with Crippen LogP contribution in [0.4, 0.5) is 0 Å². The monoisotopic (exact) mass is 338 g/mol. The number of aliphatic hydroxyl groups excluding tert-OH is 1. The first-order valence-electron chi connectivity index (χ1n) is 8.09. The normalized spacial score (nSPS) is 23.6. The molecule has 1 unspecified atom stereocenters. The van der Waals surface area contributed by atoms with Crippen LogP contribution >= 0.6 is 0 Å². The van der Waals surface area contributed by atoms with Crippen LogP contribution in [-0.4, -0.2) is 33.8 Å². The van der Waals surface area contributed by atoms with Crippen LogP contribution in [-0.2, 0) is 9.53 Å². The number of carbonyl (C=O) groups is 1. The molecule has 1 aliphatic heterocycles. The van der Waals surface area contributed by atoms with Gasteiger partial charge in [0.05, 0.1) is 12.6 Å². The second kappa shape index (κ2) is 6.23. The average molecular weight is 338 g/mol. The molecule has 6 nitrogen and oxygen atoms in total. The molecule has 2 heterocycles. The van der Waals surface area contributed by atoms with Crippen molar-refractivity contribution in [2.75, 3.05) is 6.61 Å². The van der Waals surface area contributed by atoms with Gasteiger partial charge >= 0.3 is 0 Å². The minimum absolute atomic E-state index is 0.150. The molecule has 1 saturated heterocycles. The minimum atomic E-state index is -0.780. The van der Waals surface area contributed by atoms with Crippen LogP contribution in [0.2, 0.25) is 0 Å².